The maximum absolute atomic E-state index is 9.96. The second kappa shape index (κ2) is 5.99. The van der Waals surface area contributed by atoms with Crippen LogP contribution in [-0.2, 0) is 6.54 Å². The SMILES string of the molecule is C=C[C@H]1CC[C@H](O)[C@H](NCc2ccccc2)C1. The molecule has 0 aliphatic heterocycles. The lowest BCUT2D eigenvalue weighted by Crippen LogP contribution is -2.43. The first-order valence-electron chi connectivity index (χ1n) is 6.37. The van der Waals surface area contributed by atoms with E-state index in [-0.39, 0.29) is 12.1 Å². The Hall–Kier alpha value is -1.12. The van der Waals surface area contributed by atoms with Gasteiger partial charge in [-0.15, -0.1) is 6.58 Å². The largest absolute Gasteiger partial charge is 0.392 e. The normalized spacial score (nSPS) is 28.9. The molecule has 1 fully saturated rings. The number of rotatable bonds is 4. The topological polar surface area (TPSA) is 32.3 Å². The molecule has 0 spiro atoms. The van der Waals surface area contributed by atoms with Crippen LogP contribution in [0.15, 0.2) is 43.0 Å². The smallest absolute Gasteiger partial charge is 0.0693 e. The first-order valence-corrected chi connectivity index (χ1v) is 6.37. The summed E-state index contributed by atoms with van der Waals surface area (Å²) in [7, 11) is 0. The van der Waals surface area contributed by atoms with Crippen molar-refractivity contribution >= 4 is 0 Å². The number of nitrogens with one attached hydrogen (secondary N) is 1. The van der Waals surface area contributed by atoms with Crippen LogP contribution in [0.1, 0.15) is 24.8 Å². The molecule has 92 valence electrons. The summed E-state index contributed by atoms with van der Waals surface area (Å²) < 4.78 is 0. The van der Waals surface area contributed by atoms with E-state index < -0.39 is 0 Å². The molecule has 2 heteroatoms. The quantitative estimate of drug-likeness (QED) is 0.780. The number of benzene rings is 1. The number of hydrogen-bond donors (Lipinski definition) is 2. The fraction of sp³-hybridized carbons (Fsp3) is 0.467. The second-order valence-corrected chi connectivity index (χ2v) is 4.85. The van der Waals surface area contributed by atoms with E-state index in [1.165, 1.54) is 5.56 Å². The molecule has 1 saturated carbocycles. The average Bonchev–Trinajstić information content (AvgIpc) is 2.39. The van der Waals surface area contributed by atoms with Gasteiger partial charge in [0.05, 0.1) is 6.10 Å². The predicted octanol–water partition coefficient (Wildman–Crippen LogP) is 2.49. The molecule has 0 bridgehead atoms. The number of aliphatic hydroxyl groups excluding tert-OH is 1. The zero-order chi connectivity index (χ0) is 12.1. The summed E-state index contributed by atoms with van der Waals surface area (Å²) in [5, 5.41) is 13.4. The van der Waals surface area contributed by atoms with Gasteiger partial charge in [0.2, 0.25) is 0 Å². The fourth-order valence-corrected chi connectivity index (χ4v) is 2.47. The van der Waals surface area contributed by atoms with Crippen LogP contribution in [0.25, 0.3) is 0 Å². The van der Waals surface area contributed by atoms with Crippen LogP contribution >= 0.6 is 0 Å². The summed E-state index contributed by atoms with van der Waals surface area (Å²) in [6.45, 7) is 4.68. The van der Waals surface area contributed by atoms with Crippen LogP contribution in [0.2, 0.25) is 0 Å². The van der Waals surface area contributed by atoms with Crippen molar-refractivity contribution in [3.8, 4) is 0 Å². The van der Waals surface area contributed by atoms with Gasteiger partial charge in [-0.2, -0.15) is 0 Å². The molecule has 2 N–H and O–H groups in total. The van der Waals surface area contributed by atoms with Crippen molar-refractivity contribution < 1.29 is 5.11 Å². The van der Waals surface area contributed by atoms with E-state index in [1.807, 2.05) is 24.3 Å². The number of allylic oxidation sites excluding steroid dienone is 1. The van der Waals surface area contributed by atoms with E-state index in [9.17, 15) is 5.11 Å². The Kier molecular flexibility index (Phi) is 4.35. The molecule has 2 nitrogen and oxygen atoms in total. The Morgan fingerprint density at radius 1 is 1.29 bits per heavy atom. The van der Waals surface area contributed by atoms with Crippen LogP contribution in [0.3, 0.4) is 0 Å². The zero-order valence-electron chi connectivity index (χ0n) is 10.2. The van der Waals surface area contributed by atoms with Crippen LogP contribution in [-0.4, -0.2) is 17.3 Å². The molecule has 0 amide bonds. The molecule has 0 radical (unpaired) electrons. The minimum absolute atomic E-state index is 0.201. The van der Waals surface area contributed by atoms with Gasteiger partial charge in [0.15, 0.2) is 0 Å². The van der Waals surface area contributed by atoms with Crippen molar-refractivity contribution in [1.29, 1.82) is 0 Å². The van der Waals surface area contributed by atoms with Gasteiger partial charge in [-0.05, 0) is 30.7 Å². The first kappa shape index (κ1) is 12.3. The van der Waals surface area contributed by atoms with Gasteiger partial charge in [0, 0.05) is 12.6 Å². The molecule has 2 rings (SSSR count). The minimum atomic E-state index is -0.213. The van der Waals surface area contributed by atoms with Gasteiger partial charge >= 0.3 is 0 Å². The van der Waals surface area contributed by atoms with E-state index in [0.717, 1.165) is 25.8 Å². The summed E-state index contributed by atoms with van der Waals surface area (Å²) in [5.41, 5.74) is 1.26. The third kappa shape index (κ3) is 3.42. The highest BCUT2D eigenvalue weighted by Crippen LogP contribution is 2.25. The van der Waals surface area contributed by atoms with Crippen molar-refractivity contribution in [2.75, 3.05) is 0 Å². The van der Waals surface area contributed by atoms with Crippen molar-refractivity contribution in [1.82, 2.24) is 5.32 Å². The van der Waals surface area contributed by atoms with Crippen LogP contribution < -0.4 is 5.32 Å². The Labute approximate surface area is 103 Å². The van der Waals surface area contributed by atoms with Gasteiger partial charge in [-0.25, -0.2) is 0 Å². The lowest BCUT2D eigenvalue weighted by molar-refractivity contribution is 0.0778. The molecule has 0 saturated heterocycles. The zero-order valence-corrected chi connectivity index (χ0v) is 10.2. The van der Waals surface area contributed by atoms with E-state index in [0.29, 0.717) is 5.92 Å². The molecular formula is C15H21NO. The fourth-order valence-electron chi connectivity index (χ4n) is 2.47. The summed E-state index contributed by atoms with van der Waals surface area (Å²) in [6.07, 6.45) is 4.74. The third-order valence-electron chi connectivity index (χ3n) is 3.60. The van der Waals surface area contributed by atoms with E-state index >= 15 is 0 Å². The summed E-state index contributed by atoms with van der Waals surface area (Å²) in [5.74, 6) is 0.548. The standard InChI is InChI=1S/C15H21NO/c1-2-12-8-9-15(17)14(10-12)16-11-13-6-4-3-5-7-13/h2-7,12,14-17H,1,8-11H2/t12-,14+,15-/m0/s1. The number of aliphatic hydroxyl groups is 1. The Morgan fingerprint density at radius 2 is 2.06 bits per heavy atom. The molecular weight excluding hydrogens is 210 g/mol. The van der Waals surface area contributed by atoms with Gasteiger partial charge in [-0.1, -0.05) is 36.4 Å². The summed E-state index contributed by atoms with van der Waals surface area (Å²) >= 11 is 0. The lowest BCUT2D eigenvalue weighted by atomic mass is 9.84. The highest BCUT2D eigenvalue weighted by atomic mass is 16.3. The molecule has 17 heavy (non-hydrogen) atoms. The van der Waals surface area contributed by atoms with Crippen LogP contribution in [0, 0.1) is 5.92 Å². The molecule has 3 atom stereocenters. The highest BCUT2D eigenvalue weighted by molar-refractivity contribution is 5.14. The molecule has 1 aromatic rings. The molecule has 0 aromatic heterocycles. The Balaban J connectivity index is 1.87. The van der Waals surface area contributed by atoms with E-state index in [1.54, 1.807) is 0 Å². The summed E-state index contributed by atoms with van der Waals surface area (Å²) in [6, 6.07) is 10.5. The lowest BCUT2D eigenvalue weighted by Gasteiger charge is -2.32. The average molecular weight is 231 g/mol. The van der Waals surface area contributed by atoms with Crippen molar-refractivity contribution in [3.63, 3.8) is 0 Å². The van der Waals surface area contributed by atoms with Crippen LogP contribution in [0.4, 0.5) is 0 Å². The van der Waals surface area contributed by atoms with Crippen molar-refractivity contribution in [3.05, 3.63) is 48.6 Å². The second-order valence-electron chi connectivity index (χ2n) is 4.85. The van der Waals surface area contributed by atoms with E-state index in [2.05, 4.69) is 24.0 Å². The first-order chi connectivity index (χ1) is 8.29. The Morgan fingerprint density at radius 3 is 2.76 bits per heavy atom. The molecule has 0 heterocycles. The van der Waals surface area contributed by atoms with Gasteiger partial charge in [0.25, 0.3) is 0 Å². The molecule has 1 aromatic carbocycles. The maximum atomic E-state index is 9.96. The third-order valence-corrected chi connectivity index (χ3v) is 3.60. The van der Waals surface area contributed by atoms with Crippen molar-refractivity contribution in [2.24, 2.45) is 5.92 Å². The van der Waals surface area contributed by atoms with Gasteiger partial charge in [-0.3, -0.25) is 0 Å². The molecule has 0 unspecified atom stereocenters. The van der Waals surface area contributed by atoms with Crippen molar-refractivity contribution in [2.45, 2.75) is 38.0 Å². The van der Waals surface area contributed by atoms with E-state index in [4.69, 9.17) is 0 Å². The maximum Gasteiger partial charge on any atom is 0.0693 e. The monoisotopic (exact) mass is 231 g/mol. The van der Waals surface area contributed by atoms with Gasteiger partial charge < -0.3 is 10.4 Å². The minimum Gasteiger partial charge on any atom is -0.392 e. The molecule has 1 aliphatic carbocycles. The van der Waals surface area contributed by atoms with Crippen LogP contribution in [0.5, 0.6) is 0 Å². The number of hydrogen-bond acceptors (Lipinski definition) is 2. The predicted molar refractivity (Wildman–Crippen MR) is 70.6 cm³/mol. The van der Waals surface area contributed by atoms with Gasteiger partial charge in [0.1, 0.15) is 0 Å². The Bertz CT molecular complexity index is 349. The molecule has 1 aliphatic rings. The summed E-state index contributed by atoms with van der Waals surface area (Å²) in [4.78, 5) is 0. The highest BCUT2D eigenvalue weighted by Gasteiger charge is 2.27.